The summed E-state index contributed by atoms with van der Waals surface area (Å²) in [6.07, 6.45) is 4.33. The molecule has 0 saturated heterocycles. The Bertz CT molecular complexity index is 493. The molecule has 0 amide bonds. The van der Waals surface area contributed by atoms with E-state index in [2.05, 4.69) is 68.5 Å². The van der Waals surface area contributed by atoms with Crippen molar-refractivity contribution < 1.29 is 0 Å². The molecule has 0 heteroatoms. The van der Waals surface area contributed by atoms with Gasteiger partial charge in [-0.15, -0.1) is 0 Å². The number of rotatable bonds is 2. The van der Waals surface area contributed by atoms with E-state index in [1.54, 1.807) is 0 Å². The van der Waals surface area contributed by atoms with Gasteiger partial charge in [0.25, 0.3) is 0 Å². The molecule has 0 heterocycles. The Labute approximate surface area is 97.3 Å². The first-order chi connectivity index (χ1) is 7.77. The van der Waals surface area contributed by atoms with Crippen LogP contribution < -0.4 is 0 Å². The Morgan fingerprint density at radius 1 is 0.750 bits per heavy atom. The summed E-state index contributed by atoms with van der Waals surface area (Å²) in [6, 6.07) is 16.8. The molecule has 0 saturated carbocycles. The quantitative estimate of drug-likeness (QED) is 0.638. The number of hydrogen-bond acceptors (Lipinski definition) is 0. The van der Waals surface area contributed by atoms with Crippen molar-refractivity contribution in [1.29, 1.82) is 0 Å². The van der Waals surface area contributed by atoms with Crippen LogP contribution in [0.4, 0.5) is 0 Å². The van der Waals surface area contributed by atoms with Crippen LogP contribution in [-0.2, 0) is 0 Å². The highest BCUT2D eigenvalue weighted by Crippen LogP contribution is 2.15. The van der Waals surface area contributed by atoms with E-state index in [1.807, 2.05) is 6.07 Å². The summed E-state index contributed by atoms with van der Waals surface area (Å²) in [7, 11) is 0. The van der Waals surface area contributed by atoms with Crippen LogP contribution in [-0.4, -0.2) is 0 Å². The molecule has 0 unspecified atom stereocenters. The predicted octanol–water partition coefficient (Wildman–Crippen LogP) is 4.47. The van der Waals surface area contributed by atoms with Crippen LogP contribution in [0.2, 0.25) is 0 Å². The van der Waals surface area contributed by atoms with Gasteiger partial charge in [0, 0.05) is 0 Å². The van der Waals surface area contributed by atoms with Gasteiger partial charge < -0.3 is 0 Å². The molecule has 0 atom stereocenters. The fourth-order valence-electron chi connectivity index (χ4n) is 1.70. The van der Waals surface area contributed by atoms with E-state index < -0.39 is 0 Å². The van der Waals surface area contributed by atoms with Gasteiger partial charge in [0.2, 0.25) is 0 Å². The van der Waals surface area contributed by atoms with Gasteiger partial charge in [-0.25, -0.2) is 0 Å². The van der Waals surface area contributed by atoms with Crippen molar-refractivity contribution in [3.63, 3.8) is 0 Å². The summed E-state index contributed by atoms with van der Waals surface area (Å²) in [5, 5.41) is 0. The fourth-order valence-corrected chi connectivity index (χ4v) is 1.70. The molecule has 0 aliphatic heterocycles. The molecule has 80 valence electrons. The monoisotopic (exact) mass is 208 g/mol. The molecule has 16 heavy (non-hydrogen) atoms. The highest BCUT2D eigenvalue weighted by atomic mass is 14.0. The maximum Gasteiger partial charge on any atom is -0.0224 e. The molecule has 0 aliphatic rings. The van der Waals surface area contributed by atoms with E-state index in [4.69, 9.17) is 0 Å². The molecule has 0 aliphatic carbocycles. The standard InChI is InChI=1S/C16H16/c1-13-7-6-10-16(14(13)2)12-11-15-8-4-3-5-9-15/h3-12H,1-2H3/b12-11-. The van der Waals surface area contributed by atoms with Crippen molar-refractivity contribution in [2.45, 2.75) is 13.8 Å². The molecule has 0 aromatic heterocycles. The zero-order valence-corrected chi connectivity index (χ0v) is 9.77. The van der Waals surface area contributed by atoms with Gasteiger partial charge >= 0.3 is 0 Å². The van der Waals surface area contributed by atoms with Crippen molar-refractivity contribution >= 4 is 12.2 Å². The van der Waals surface area contributed by atoms with Gasteiger partial charge in [-0.1, -0.05) is 60.7 Å². The molecule has 0 spiro atoms. The van der Waals surface area contributed by atoms with E-state index in [9.17, 15) is 0 Å². The third-order valence-corrected chi connectivity index (χ3v) is 2.90. The van der Waals surface area contributed by atoms with Crippen molar-refractivity contribution in [3.05, 3.63) is 70.8 Å². The molecular formula is C16H16. The van der Waals surface area contributed by atoms with Crippen LogP contribution in [0.5, 0.6) is 0 Å². The second-order valence-electron chi connectivity index (χ2n) is 4.03. The largest absolute Gasteiger partial charge is 0.0622 e. The van der Waals surface area contributed by atoms with Gasteiger partial charge in [0.1, 0.15) is 0 Å². The lowest BCUT2D eigenvalue weighted by Gasteiger charge is -2.03. The van der Waals surface area contributed by atoms with Crippen LogP contribution in [0, 0.1) is 13.8 Å². The summed E-state index contributed by atoms with van der Waals surface area (Å²) in [4.78, 5) is 0. The summed E-state index contributed by atoms with van der Waals surface area (Å²) in [5.41, 5.74) is 5.23. The van der Waals surface area contributed by atoms with Gasteiger partial charge in [0.05, 0.1) is 0 Å². The predicted molar refractivity (Wildman–Crippen MR) is 71.3 cm³/mol. The molecule has 0 bridgehead atoms. The van der Waals surface area contributed by atoms with E-state index in [-0.39, 0.29) is 0 Å². The van der Waals surface area contributed by atoms with Crippen molar-refractivity contribution in [3.8, 4) is 0 Å². The molecule has 2 aromatic carbocycles. The Kier molecular flexibility index (Phi) is 3.21. The van der Waals surface area contributed by atoms with Gasteiger partial charge in [-0.05, 0) is 36.1 Å². The Morgan fingerprint density at radius 3 is 2.25 bits per heavy atom. The van der Waals surface area contributed by atoms with Gasteiger partial charge in [0.15, 0.2) is 0 Å². The average molecular weight is 208 g/mol. The maximum absolute atomic E-state index is 2.18. The molecule has 0 fully saturated rings. The zero-order chi connectivity index (χ0) is 11.4. The minimum Gasteiger partial charge on any atom is -0.0622 e. The van der Waals surface area contributed by atoms with E-state index in [0.717, 1.165) is 0 Å². The molecule has 2 rings (SSSR count). The fraction of sp³-hybridized carbons (Fsp3) is 0.125. The third-order valence-electron chi connectivity index (χ3n) is 2.90. The van der Waals surface area contributed by atoms with Crippen LogP contribution in [0.1, 0.15) is 22.3 Å². The topological polar surface area (TPSA) is 0 Å². The highest BCUT2D eigenvalue weighted by molar-refractivity contribution is 5.71. The second-order valence-corrected chi connectivity index (χ2v) is 4.03. The van der Waals surface area contributed by atoms with E-state index in [0.29, 0.717) is 0 Å². The zero-order valence-electron chi connectivity index (χ0n) is 9.77. The summed E-state index contributed by atoms with van der Waals surface area (Å²) in [6.45, 7) is 4.31. The summed E-state index contributed by atoms with van der Waals surface area (Å²) < 4.78 is 0. The summed E-state index contributed by atoms with van der Waals surface area (Å²) in [5.74, 6) is 0. The number of hydrogen-bond donors (Lipinski definition) is 0. The lowest BCUT2D eigenvalue weighted by molar-refractivity contribution is 1.33. The average Bonchev–Trinajstić information content (AvgIpc) is 2.32. The summed E-state index contributed by atoms with van der Waals surface area (Å²) >= 11 is 0. The van der Waals surface area contributed by atoms with Crippen LogP contribution in [0.3, 0.4) is 0 Å². The maximum atomic E-state index is 2.18. The number of benzene rings is 2. The first kappa shape index (κ1) is 10.7. The minimum atomic E-state index is 1.24. The molecule has 0 nitrogen and oxygen atoms in total. The van der Waals surface area contributed by atoms with Crippen molar-refractivity contribution in [2.24, 2.45) is 0 Å². The third kappa shape index (κ3) is 2.40. The SMILES string of the molecule is Cc1cccc(/C=C\c2ccccc2)c1C. The van der Waals surface area contributed by atoms with Crippen molar-refractivity contribution in [1.82, 2.24) is 0 Å². The number of aryl methyl sites for hydroxylation is 1. The molecular weight excluding hydrogens is 192 g/mol. The normalized spacial score (nSPS) is 10.9. The second kappa shape index (κ2) is 4.80. The molecule has 0 radical (unpaired) electrons. The van der Waals surface area contributed by atoms with E-state index in [1.165, 1.54) is 22.3 Å². The van der Waals surface area contributed by atoms with E-state index >= 15 is 0 Å². The smallest absolute Gasteiger partial charge is 0.0224 e. The Balaban J connectivity index is 2.28. The Hall–Kier alpha value is -1.82. The van der Waals surface area contributed by atoms with Crippen LogP contribution >= 0.6 is 0 Å². The molecule has 0 N–H and O–H groups in total. The first-order valence-electron chi connectivity index (χ1n) is 5.57. The molecule has 2 aromatic rings. The van der Waals surface area contributed by atoms with Crippen LogP contribution in [0.25, 0.3) is 12.2 Å². The lowest BCUT2D eigenvalue weighted by atomic mass is 10.0. The lowest BCUT2D eigenvalue weighted by Crippen LogP contribution is -1.84. The van der Waals surface area contributed by atoms with Crippen LogP contribution in [0.15, 0.2) is 48.5 Å². The van der Waals surface area contributed by atoms with Gasteiger partial charge in [-0.3, -0.25) is 0 Å². The van der Waals surface area contributed by atoms with Gasteiger partial charge in [-0.2, -0.15) is 0 Å². The highest BCUT2D eigenvalue weighted by Gasteiger charge is 1.95. The first-order valence-corrected chi connectivity index (χ1v) is 5.57. The Morgan fingerprint density at radius 2 is 1.50 bits per heavy atom. The minimum absolute atomic E-state index is 1.24. The van der Waals surface area contributed by atoms with Crippen molar-refractivity contribution in [2.75, 3.05) is 0 Å².